The summed E-state index contributed by atoms with van der Waals surface area (Å²) >= 11 is 3.96. The third-order valence-electron chi connectivity index (χ3n) is 2.22. The van der Waals surface area contributed by atoms with Crippen LogP contribution in [0.3, 0.4) is 0 Å². The molecule has 0 saturated carbocycles. The minimum absolute atomic E-state index is 0.0245. The fourth-order valence-electron chi connectivity index (χ4n) is 1.34. The van der Waals surface area contributed by atoms with Gasteiger partial charge < -0.3 is 9.47 Å². The van der Waals surface area contributed by atoms with Crippen LogP contribution in [0.2, 0.25) is 0 Å². The number of rotatable bonds is 4. The third kappa shape index (κ3) is 4.16. The van der Waals surface area contributed by atoms with E-state index < -0.39 is 0 Å². The summed E-state index contributed by atoms with van der Waals surface area (Å²) in [6.45, 7) is -0.0245. The highest BCUT2D eigenvalue weighted by Crippen LogP contribution is 2.24. The van der Waals surface area contributed by atoms with Crippen LogP contribution in [0.1, 0.15) is 0 Å². The SMILES string of the molecule is Fc1ccc(OCOc2ccc(F)cc2I)c(I)c1. The van der Waals surface area contributed by atoms with Gasteiger partial charge in [0.1, 0.15) is 23.1 Å². The predicted molar refractivity (Wildman–Crippen MR) is 84.4 cm³/mol. The van der Waals surface area contributed by atoms with E-state index >= 15 is 0 Å². The minimum atomic E-state index is -0.314. The number of halogens is 4. The molecule has 0 amide bonds. The van der Waals surface area contributed by atoms with E-state index in [2.05, 4.69) is 0 Å². The summed E-state index contributed by atoms with van der Waals surface area (Å²) in [5.41, 5.74) is 0. The van der Waals surface area contributed by atoms with Gasteiger partial charge in [0.2, 0.25) is 6.79 Å². The Morgan fingerprint density at radius 1 is 0.789 bits per heavy atom. The summed E-state index contributed by atoms with van der Waals surface area (Å²) in [6.07, 6.45) is 0. The zero-order valence-corrected chi connectivity index (χ0v) is 13.8. The van der Waals surface area contributed by atoms with E-state index in [0.29, 0.717) is 18.6 Å². The Morgan fingerprint density at radius 2 is 1.21 bits per heavy atom. The Hall–Kier alpha value is -0.640. The van der Waals surface area contributed by atoms with E-state index in [9.17, 15) is 8.78 Å². The van der Waals surface area contributed by atoms with Crippen LogP contribution >= 0.6 is 45.2 Å². The molecule has 2 aromatic carbocycles. The second-order valence-electron chi connectivity index (χ2n) is 3.56. The maximum absolute atomic E-state index is 12.9. The van der Waals surface area contributed by atoms with Crippen molar-refractivity contribution in [2.24, 2.45) is 0 Å². The standard InChI is InChI=1S/C13H8F2I2O2/c14-8-1-3-12(10(16)5-8)18-7-19-13-4-2-9(15)6-11(13)17/h1-6H,7H2. The predicted octanol–water partition coefficient (Wildman–Crippen LogP) is 4.59. The smallest absolute Gasteiger partial charge is 0.230 e. The van der Waals surface area contributed by atoms with Crippen molar-refractivity contribution in [3.05, 3.63) is 55.2 Å². The first-order valence-electron chi connectivity index (χ1n) is 5.22. The van der Waals surface area contributed by atoms with Gasteiger partial charge in [0.05, 0.1) is 7.14 Å². The minimum Gasteiger partial charge on any atom is -0.456 e. The molecule has 0 aliphatic heterocycles. The first-order valence-corrected chi connectivity index (χ1v) is 7.38. The number of ether oxygens (including phenoxy) is 2. The molecule has 0 heterocycles. The van der Waals surface area contributed by atoms with Crippen molar-refractivity contribution in [1.82, 2.24) is 0 Å². The number of hydrogen-bond acceptors (Lipinski definition) is 2. The quantitative estimate of drug-likeness (QED) is 0.464. The summed E-state index contributed by atoms with van der Waals surface area (Å²) in [5, 5.41) is 0. The monoisotopic (exact) mass is 488 g/mol. The first kappa shape index (κ1) is 14.8. The fraction of sp³-hybridized carbons (Fsp3) is 0.0769. The van der Waals surface area contributed by atoms with Gasteiger partial charge in [0.25, 0.3) is 0 Å². The van der Waals surface area contributed by atoms with Crippen molar-refractivity contribution in [3.63, 3.8) is 0 Å². The van der Waals surface area contributed by atoms with E-state index in [-0.39, 0.29) is 18.4 Å². The lowest BCUT2D eigenvalue weighted by atomic mass is 10.3. The van der Waals surface area contributed by atoms with Gasteiger partial charge in [-0.3, -0.25) is 0 Å². The molecule has 0 saturated heterocycles. The normalized spacial score (nSPS) is 10.3. The van der Waals surface area contributed by atoms with Crippen LogP contribution in [0.15, 0.2) is 36.4 Å². The lowest BCUT2D eigenvalue weighted by Crippen LogP contribution is -2.07. The van der Waals surface area contributed by atoms with Gasteiger partial charge in [-0.25, -0.2) is 8.78 Å². The molecule has 6 heteroatoms. The van der Waals surface area contributed by atoms with Gasteiger partial charge in [0.15, 0.2) is 0 Å². The molecule has 0 atom stereocenters. The van der Waals surface area contributed by atoms with Crippen LogP contribution in [0.5, 0.6) is 11.5 Å². The van der Waals surface area contributed by atoms with Gasteiger partial charge in [-0.15, -0.1) is 0 Å². The zero-order chi connectivity index (χ0) is 13.8. The van der Waals surface area contributed by atoms with Gasteiger partial charge >= 0.3 is 0 Å². The summed E-state index contributed by atoms with van der Waals surface area (Å²) in [5.74, 6) is 0.453. The number of hydrogen-bond donors (Lipinski definition) is 0. The van der Waals surface area contributed by atoms with Crippen molar-refractivity contribution in [2.45, 2.75) is 0 Å². The van der Waals surface area contributed by atoms with Crippen LogP contribution in [0.4, 0.5) is 8.78 Å². The Labute approximate surface area is 136 Å². The van der Waals surface area contributed by atoms with E-state index in [1.165, 1.54) is 36.4 Å². The van der Waals surface area contributed by atoms with Crippen molar-refractivity contribution in [3.8, 4) is 11.5 Å². The van der Waals surface area contributed by atoms with Gasteiger partial charge in [-0.05, 0) is 81.6 Å². The average molecular weight is 488 g/mol. The third-order valence-corrected chi connectivity index (χ3v) is 3.90. The highest BCUT2D eigenvalue weighted by Gasteiger charge is 2.05. The van der Waals surface area contributed by atoms with E-state index in [1.807, 2.05) is 45.2 Å². The average Bonchev–Trinajstić information content (AvgIpc) is 2.34. The van der Waals surface area contributed by atoms with Crippen LogP contribution in [-0.2, 0) is 0 Å². The Kier molecular flexibility index (Phi) is 5.20. The maximum atomic E-state index is 12.9. The molecule has 0 aliphatic carbocycles. The topological polar surface area (TPSA) is 18.5 Å². The molecule has 0 N–H and O–H groups in total. The molecule has 0 aliphatic rings. The first-order chi connectivity index (χ1) is 9.06. The van der Waals surface area contributed by atoms with Crippen LogP contribution in [0, 0.1) is 18.8 Å². The lowest BCUT2D eigenvalue weighted by molar-refractivity contribution is 0.118. The largest absolute Gasteiger partial charge is 0.456 e. The highest BCUT2D eigenvalue weighted by atomic mass is 127. The molecule has 2 aromatic rings. The molecule has 0 spiro atoms. The Balaban J connectivity index is 1.96. The Bertz CT molecular complexity index is 539. The van der Waals surface area contributed by atoms with Crippen LogP contribution in [-0.4, -0.2) is 6.79 Å². The molecule has 0 radical (unpaired) electrons. The molecule has 0 unspecified atom stereocenters. The molecule has 2 rings (SSSR count). The lowest BCUT2D eigenvalue weighted by Gasteiger charge is -2.11. The summed E-state index contributed by atoms with van der Waals surface area (Å²) in [6, 6.07) is 8.46. The maximum Gasteiger partial charge on any atom is 0.230 e. The van der Waals surface area contributed by atoms with E-state index in [1.54, 1.807) is 0 Å². The van der Waals surface area contributed by atoms with Gasteiger partial charge in [0, 0.05) is 0 Å². The summed E-state index contributed by atoms with van der Waals surface area (Å²) in [7, 11) is 0. The van der Waals surface area contributed by atoms with E-state index in [4.69, 9.17) is 9.47 Å². The molecule has 0 fully saturated rings. The van der Waals surface area contributed by atoms with Crippen molar-refractivity contribution in [1.29, 1.82) is 0 Å². The molecular weight excluding hydrogens is 480 g/mol. The highest BCUT2D eigenvalue weighted by molar-refractivity contribution is 14.1. The van der Waals surface area contributed by atoms with Crippen molar-refractivity contribution in [2.75, 3.05) is 6.79 Å². The Morgan fingerprint density at radius 3 is 1.58 bits per heavy atom. The second kappa shape index (κ2) is 6.69. The number of benzene rings is 2. The van der Waals surface area contributed by atoms with Gasteiger partial charge in [-0.2, -0.15) is 0 Å². The van der Waals surface area contributed by atoms with E-state index in [0.717, 1.165) is 0 Å². The van der Waals surface area contributed by atoms with Crippen LogP contribution < -0.4 is 9.47 Å². The molecule has 2 nitrogen and oxygen atoms in total. The van der Waals surface area contributed by atoms with Crippen molar-refractivity contribution < 1.29 is 18.3 Å². The molecular formula is C13H8F2I2O2. The summed E-state index contributed by atoms with van der Waals surface area (Å²) in [4.78, 5) is 0. The fourth-order valence-corrected chi connectivity index (χ4v) is 2.61. The molecule has 0 aromatic heterocycles. The molecule has 0 bridgehead atoms. The second-order valence-corrected chi connectivity index (χ2v) is 5.88. The molecule has 19 heavy (non-hydrogen) atoms. The van der Waals surface area contributed by atoms with Crippen LogP contribution in [0.25, 0.3) is 0 Å². The zero-order valence-electron chi connectivity index (χ0n) is 9.50. The van der Waals surface area contributed by atoms with Crippen molar-refractivity contribution >= 4 is 45.2 Å². The van der Waals surface area contributed by atoms with Gasteiger partial charge in [-0.1, -0.05) is 0 Å². The molecule has 100 valence electrons. The summed E-state index contributed by atoms with van der Waals surface area (Å²) < 4.78 is 37.9.